The number of aromatic nitrogens is 3. The summed E-state index contributed by atoms with van der Waals surface area (Å²) in [5.41, 5.74) is 3.55. The highest BCUT2D eigenvalue weighted by Crippen LogP contribution is 2.30. The van der Waals surface area contributed by atoms with Crippen LogP contribution >= 0.6 is 0 Å². The molecule has 4 rings (SSSR count). The molecule has 0 atom stereocenters. The highest BCUT2D eigenvalue weighted by atomic mass is 19.1. The molecule has 0 N–H and O–H groups in total. The summed E-state index contributed by atoms with van der Waals surface area (Å²) in [6.07, 6.45) is 3.38. The number of likely N-dealkylation sites (tertiary alicyclic amines) is 1. The van der Waals surface area contributed by atoms with Gasteiger partial charge in [0.15, 0.2) is 11.6 Å². The first-order chi connectivity index (χ1) is 13.9. The second kappa shape index (κ2) is 8.07. The van der Waals surface area contributed by atoms with Crippen LogP contribution in [0.5, 0.6) is 0 Å². The van der Waals surface area contributed by atoms with Gasteiger partial charge in [-0.2, -0.15) is 0 Å². The Morgan fingerprint density at radius 3 is 2.24 bits per heavy atom. The molecule has 152 valence electrons. The lowest BCUT2D eigenvalue weighted by Gasteiger charge is -2.36. The standard InChI is InChI=1S/C24H29FN4/c1-4-18-5-7-19(8-6-18)23-26-22(17-28-15-13-24(2,3)14-16-28)27-29(23)21-11-9-20(25)10-12-21/h5-12H,4,13-17H2,1-3H3. The van der Waals surface area contributed by atoms with Crippen LogP contribution < -0.4 is 0 Å². The molecule has 0 radical (unpaired) electrons. The van der Waals surface area contributed by atoms with Gasteiger partial charge in [0.1, 0.15) is 5.82 Å². The topological polar surface area (TPSA) is 34.0 Å². The van der Waals surface area contributed by atoms with Gasteiger partial charge in [-0.05, 0) is 67.6 Å². The fourth-order valence-corrected chi connectivity index (χ4v) is 3.78. The molecule has 0 unspecified atom stereocenters. The van der Waals surface area contributed by atoms with Crippen LogP contribution in [0.25, 0.3) is 17.1 Å². The summed E-state index contributed by atoms with van der Waals surface area (Å²) >= 11 is 0. The van der Waals surface area contributed by atoms with Gasteiger partial charge in [-0.3, -0.25) is 4.90 Å². The van der Waals surface area contributed by atoms with Crippen LogP contribution in [0.15, 0.2) is 48.5 Å². The van der Waals surface area contributed by atoms with Gasteiger partial charge in [-0.25, -0.2) is 14.1 Å². The number of hydrogen-bond donors (Lipinski definition) is 0. The van der Waals surface area contributed by atoms with E-state index in [-0.39, 0.29) is 5.82 Å². The van der Waals surface area contributed by atoms with E-state index in [4.69, 9.17) is 10.1 Å². The number of nitrogens with zero attached hydrogens (tertiary/aromatic N) is 4. The van der Waals surface area contributed by atoms with Gasteiger partial charge in [0, 0.05) is 5.56 Å². The third kappa shape index (κ3) is 4.56. The van der Waals surface area contributed by atoms with Crippen LogP contribution in [-0.4, -0.2) is 32.8 Å². The summed E-state index contributed by atoms with van der Waals surface area (Å²) < 4.78 is 15.3. The van der Waals surface area contributed by atoms with Gasteiger partial charge in [-0.15, -0.1) is 5.10 Å². The van der Waals surface area contributed by atoms with Crippen LogP contribution in [0.3, 0.4) is 0 Å². The Hall–Kier alpha value is -2.53. The lowest BCUT2D eigenvalue weighted by Crippen LogP contribution is -2.37. The minimum absolute atomic E-state index is 0.251. The molecule has 0 bridgehead atoms. The molecule has 0 aliphatic carbocycles. The zero-order chi connectivity index (χ0) is 20.4. The van der Waals surface area contributed by atoms with Crippen molar-refractivity contribution in [3.63, 3.8) is 0 Å². The summed E-state index contributed by atoms with van der Waals surface area (Å²) in [4.78, 5) is 7.31. The fraction of sp³-hybridized carbons (Fsp3) is 0.417. The Morgan fingerprint density at radius 2 is 1.62 bits per heavy atom. The average Bonchev–Trinajstić information content (AvgIpc) is 3.14. The van der Waals surface area contributed by atoms with Gasteiger partial charge < -0.3 is 0 Å². The molecule has 0 amide bonds. The van der Waals surface area contributed by atoms with E-state index >= 15 is 0 Å². The second-order valence-corrected chi connectivity index (χ2v) is 8.73. The number of benzene rings is 2. The van der Waals surface area contributed by atoms with E-state index in [9.17, 15) is 4.39 Å². The third-order valence-electron chi connectivity index (χ3n) is 5.92. The number of piperidine rings is 1. The molecule has 3 aromatic rings. The molecular formula is C24H29FN4. The van der Waals surface area contributed by atoms with E-state index in [0.29, 0.717) is 5.41 Å². The van der Waals surface area contributed by atoms with Crippen molar-refractivity contribution in [3.8, 4) is 17.1 Å². The minimum atomic E-state index is -0.251. The molecule has 1 aliphatic rings. The molecule has 29 heavy (non-hydrogen) atoms. The van der Waals surface area contributed by atoms with Crippen molar-refractivity contribution in [2.75, 3.05) is 13.1 Å². The maximum absolute atomic E-state index is 13.4. The van der Waals surface area contributed by atoms with Gasteiger partial charge >= 0.3 is 0 Å². The SMILES string of the molecule is CCc1ccc(-c2nc(CN3CCC(C)(C)CC3)nn2-c2ccc(F)cc2)cc1. The number of hydrogen-bond acceptors (Lipinski definition) is 3. The summed E-state index contributed by atoms with van der Waals surface area (Å²) in [5.74, 6) is 1.36. The van der Waals surface area contributed by atoms with Gasteiger partial charge in [0.05, 0.1) is 12.2 Å². The van der Waals surface area contributed by atoms with Crippen molar-refractivity contribution in [3.05, 3.63) is 65.7 Å². The van der Waals surface area contributed by atoms with E-state index in [1.165, 1.54) is 30.5 Å². The van der Waals surface area contributed by atoms with Crippen molar-refractivity contribution >= 4 is 0 Å². The summed E-state index contributed by atoms with van der Waals surface area (Å²) in [6.45, 7) is 9.70. The molecule has 5 heteroatoms. The van der Waals surface area contributed by atoms with Crippen molar-refractivity contribution in [1.82, 2.24) is 19.7 Å². The lowest BCUT2D eigenvalue weighted by molar-refractivity contribution is 0.124. The lowest BCUT2D eigenvalue weighted by atomic mass is 9.83. The van der Waals surface area contributed by atoms with Gasteiger partial charge in [-0.1, -0.05) is 45.0 Å². The maximum Gasteiger partial charge on any atom is 0.165 e. The number of halogens is 1. The fourth-order valence-electron chi connectivity index (χ4n) is 3.78. The largest absolute Gasteiger partial charge is 0.296 e. The summed E-state index contributed by atoms with van der Waals surface area (Å²) in [5, 5.41) is 4.80. The normalized spacial score (nSPS) is 16.8. The van der Waals surface area contributed by atoms with Crippen molar-refractivity contribution in [2.45, 2.75) is 46.6 Å². The molecule has 2 aromatic carbocycles. The summed E-state index contributed by atoms with van der Waals surface area (Å²) in [7, 11) is 0. The van der Waals surface area contributed by atoms with E-state index in [2.05, 4.69) is 49.9 Å². The Balaban J connectivity index is 1.65. The molecule has 1 fully saturated rings. The van der Waals surface area contributed by atoms with Gasteiger partial charge in [0.2, 0.25) is 0 Å². The maximum atomic E-state index is 13.4. The number of aryl methyl sites for hydroxylation is 1. The first-order valence-electron chi connectivity index (χ1n) is 10.5. The predicted molar refractivity (Wildman–Crippen MR) is 114 cm³/mol. The average molecular weight is 393 g/mol. The molecule has 1 aromatic heterocycles. The first kappa shape index (κ1) is 19.8. The minimum Gasteiger partial charge on any atom is -0.296 e. The molecule has 2 heterocycles. The quantitative estimate of drug-likeness (QED) is 0.594. The zero-order valence-corrected chi connectivity index (χ0v) is 17.5. The van der Waals surface area contributed by atoms with E-state index in [1.807, 2.05) is 4.68 Å². The zero-order valence-electron chi connectivity index (χ0n) is 17.5. The van der Waals surface area contributed by atoms with Crippen LogP contribution in [-0.2, 0) is 13.0 Å². The Bertz CT molecular complexity index is 948. The van der Waals surface area contributed by atoms with Crippen molar-refractivity contribution in [2.24, 2.45) is 5.41 Å². The molecule has 0 saturated carbocycles. The highest BCUT2D eigenvalue weighted by Gasteiger charge is 2.26. The van der Waals surface area contributed by atoms with Crippen molar-refractivity contribution < 1.29 is 4.39 Å². The highest BCUT2D eigenvalue weighted by molar-refractivity contribution is 5.58. The Morgan fingerprint density at radius 1 is 0.966 bits per heavy atom. The van der Waals surface area contributed by atoms with E-state index < -0.39 is 0 Å². The predicted octanol–water partition coefficient (Wildman–Crippen LogP) is 5.26. The second-order valence-electron chi connectivity index (χ2n) is 8.73. The number of rotatable bonds is 5. The van der Waals surface area contributed by atoms with E-state index in [1.54, 1.807) is 12.1 Å². The molecule has 0 spiro atoms. The molecule has 1 aliphatic heterocycles. The molecule has 1 saturated heterocycles. The smallest absolute Gasteiger partial charge is 0.165 e. The first-order valence-corrected chi connectivity index (χ1v) is 10.5. The van der Waals surface area contributed by atoms with E-state index in [0.717, 1.165) is 49.0 Å². The third-order valence-corrected chi connectivity index (χ3v) is 5.92. The Kier molecular flexibility index (Phi) is 5.50. The van der Waals surface area contributed by atoms with Crippen LogP contribution in [0.4, 0.5) is 4.39 Å². The van der Waals surface area contributed by atoms with Crippen LogP contribution in [0.2, 0.25) is 0 Å². The van der Waals surface area contributed by atoms with Crippen LogP contribution in [0.1, 0.15) is 45.0 Å². The molecule has 4 nitrogen and oxygen atoms in total. The van der Waals surface area contributed by atoms with Gasteiger partial charge in [0.25, 0.3) is 0 Å². The monoisotopic (exact) mass is 392 g/mol. The molecular weight excluding hydrogens is 363 g/mol. The van der Waals surface area contributed by atoms with Crippen LogP contribution in [0, 0.1) is 11.2 Å². The Labute approximate surface area is 172 Å². The summed E-state index contributed by atoms with van der Waals surface area (Å²) in [6, 6.07) is 14.9. The van der Waals surface area contributed by atoms with Crippen molar-refractivity contribution in [1.29, 1.82) is 0 Å².